The monoisotopic (exact) mass is 428 g/mol. The Bertz CT molecular complexity index is 840. The molecule has 1 aliphatic carbocycles. The number of fused-ring (bicyclic) bond motifs is 1. The molecule has 162 valence electrons. The van der Waals surface area contributed by atoms with E-state index in [0.29, 0.717) is 0 Å². The van der Waals surface area contributed by atoms with Crippen molar-refractivity contribution in [3.8, 4) is 0 Å². The van der Waals surface area contributed by atoms with Gasteiger partial charge in [0.25, 0.3) is 0 Å². The summed E-state index contributed by atoms with van der Waals surface area (Å²) in [6.07, 6.45) is 7.63. The molecule has 0 radical (unpaired) electrons. The summed E-state index contributed by atoms with van der Waals surface area (Å²) in [6, 6.07) is 8.51. The number of nitrogens with one attached hydrogen (secondary N) is 1. The summed E-state index contributed by atoms with van der Waals surface area (Å²) in [5, 5.41) is 4.55. The SMILES string of the molecule is O=C(NC1CCCN(c2nc3ccccc3s2)C1)C1(N2CCOCC2)CCCCC1. The van der Waals surface area contributed by atoms with Gasteiger partial charge in [0, 0.05) is 32.2 Å². The third-order valence-electron chi connectivity index (χ3n) is 7.03. The molecular formula is C23H32N4O2S. The quantitative estimate of drug-likeness (QED) is 0.809. The topological polar surface area (TPSA) is 57.7 Å². The van der Waals surface area contributed by atoms with Crippen molar-refractivity contribution in [3.63, 3.8) is 0 Å². The average molecular weight is 429 g/mol. The van der Waals surface area contributed by atoms with E-state index in [-0.39, 0.29) is 17.5 Å². The van der Waals surface area contributed by atoms with Crippen molar-refractivity contribution in [2.24, 2.45) is 0 Å². The summed E-state index contributed by atoms with van der Waals surface area (Å²) < 4.78 is 6.80. The van der Waals surface area contributed by atoms with Crippen LogP contribution in [0.5, 0.6) is 0 Å². The molecule has 1 atom stereocenters. The fourth-order valence-corrected chi connectivity index (χ4v) is 6.40. The van der Waals surface area contributed by atoms with Gasteiger partial charge in [0.1, 0.15) is 5.54 Å². The minimum absolute atomic E-state index is 0.193. The van der Waals surface area contributed by atoms with E-state index in [1.54, 1.807) is 11.3 Å². The van der Waals surface area contributed by atoms with Crippen molar-refractivity contribution in [3.05, 3.63) is 24.3 Å². The molecule has 7 heteroatoms. The fraction of sp³-hybridized carbons (Fsp3) is 0.652. The van der Waals surface area contributed by atoms with Gasteiger partial charge in [-0.1, -0.05) is 42.7 Å². The molecule has 2 aliphatic heterocycles. The Morgan fingerprint density at radius 2 is 1.90 bits per heavy atom. The number of ether oxygens (including phenoxy) is 1. The molecule has 5 rings (SSSR count). The molecule has 1 N–H and O–H groups in total. The van der Waals surface area contributed by atoms with Crippen LogP contribution in [0, 0.1) is 0 Å². The van der Waals surface area contributed by atoms with Crippen LogP contribution in [0.4, 0.5) is 5.13 Å². The number of anilines is 1. The highest BCUT2D eigenvalue weighted by atomic mass is 32.1. The first-order valence-corrected chi connectivity index (χ1v) is 12.3. The van der Waals surface area contributed by atoms with Gasteiger partial charge in [0.15, 0.2) is 5.13 Å². The highest BCUT2D eigenvalue weighted by Gasteiger charge is 2.45. The van der Waals surface area contributed by atoms with Gasteiger partial charge in [-0.2, -0.15) is 0 Å². The van der Waals surface area contributed by atoms with E-state index in [1.165, 1.54) is 11.1 Å². The zero-order valence-corrected chi connectivity index (χ0v) is 18.5. The predicted octanol–water partition coefficient (Wildman–Crippen LogP) is 3.42. The largest absolute Gasteiger partial charge is 0.379 e. The van der Waals surface area contributed by atoms with Crippen LogP contribution in [0.1, 0.15) is 44.9 Å². The smallest absolute Gasteiger partial charge is 0.240 e. The summed E-state index contributed by atoms with van der Waals surface area (Å²) in [5.74, 6) is 0.250. The lowest BCUT2D eigenvalue weighted by Crippen LogP contribution is -2.64. The molecule has 1 unspecified atom stereocenters. The van der Waals surface area contributed by atoms with Gasteiger partial charge in [0.05, 0.1) is 23.4 Å². The maximum Gasteiger partial charge on any atom is 0.240 e. The summed E-state index contributed by atoms with van der Waals surface area (Å²) in [7, 11) is 0. The number of thiazole rings is 1. The number of piperidine rings is 1. The highest BCUT2D eigenvalue weighted by molar-refractivity contribution is 7.22. The van der Waals surface area contributed by atoms with Crippen molar-refractivity contribution in [1.29, 1.82) is 0 Å². The van der Waals surface area contributed by atoms with Gasteiger partial charge in [-0.15, -0.1) is 0 Å². The summed E-state index contributed by atoms with van der Waals surface area (Å²) in [4.78, 5) is 23.3. The molecule has 1 saturated carbocycles. The molecule has 3 heterocycles. The number of hydrogen-bond donors (Lipinski definition) is 1. The highest BCUT2D eigenvalue weighted by Crippen LogP contribution is 2.35. The third kappa shape index (κ3) is 3.95. The fourth-order valence-electron chi connectivity index (χ4n) is 5.40. The summed E-state index contributed by atoms with van der Waals surface area (Å²) >= 11 is 1.75. The Kier molecular flexibility index (Phi) is 5.94. The zero-order valence-electron chi connectivity index (χ0n) is 17.6. The Morgan fingerprint density at radius 1 is 1.10 bits per heavy atom. The van der Waals surface area contributed by atoms with Gasteiger partial charge in [-0.25, -0.2) is 4.98 Å². The molecule has 30 heavy (non-hydrogen) atoms. The number of carbonyl (C=O) groups excluding carboxylic acids is 1. The molecule has 2 aromatic rings. The maximum atomic E-state index is 13.6. The van der Waals surface area contributed by atoms with Crippen LogP contribution in [0.3, 0.4) is 0 Å². The lowest BCUT2D eigenvalue weighted by Gasteiger charge is -2.47. The summed E-state index contributed by atoms with van der Waals surface area (Å²) in [6.45, 7) is 5.09. The molecule has 6 nitrogen and oxygen atoms in total. The minimum Gasteiger partial charge on any atom is -0.379 e. The Labute approximate surface area is 182 Å². The molecule has 3 fully saturated rings. The Morgan fingerprint density at radius 3 is 2.70 bits per heavy atom. The molecule has 1 amide bonds. The molecule has 0 spiro atoms. The maximum absolute atomic E-state index is 13.6. The number of hydrogen-bond acceptors (Lipinski definition) is 6. The van der Waals surface area contributed by atoms with Crippen molar-refractivity contribution in [2.45, 2.75) is 56.5 Å². The van der Waals surface area contributed by atoms with Crippen LogP contribution in [-0.2, 0) is 9.53 Å². The predicted molar refractivity (Wildman–Crippen MR) is 121 cm³/mol. The number of morpholine rings is 1. The number of nitrogens with zero attached hydrogens (tertiary/aromatic N) is 3. The van der Waals surface area contributed by atoms with Gasteiger partial charge >= 0.3 is 0 Å². The van der Waals surface area contributed by atoms with Gasteiger partial charge in [-0.3, -0.25) is 9.69 Å². The molecule has 2 saturated heterocycles. The standard InChI is InChI=1S/C23H32N4O2S/c28-21(23(10-4-1-5-11-23)27-13-15-29-16-14-27)24-18-7-6-12-26(17-18)22-25-19-8-2-3-9-20(19)30-22/h2-3,8-9,18H,1,4-7,10-17H2,(H,24,28). The number of carbonyl (C=O) groups is 1. The van der Waals surface area contributed by atoms with E-state index >= 15 is 0 Å². The van der Waals surface area contributed by atoms with Crippen molar-refractivity contribution < 1.29 is 9.53 Å². The third-order valence-corrected chi connectivity index (χ3v) is 8.13. The Balaban J connectivity index is 1.29. The van der Waals surface area contributed by atoms with Gasteiger partial charge in [0.2, 0.25) is 5.91 Å². The lowest BCUT2D eigenvalue weighted by atomic mass is 9.79. The molecule has 3 aliphatic rings. The van der Waals surface area contributed by atoms with E-state index in [4.69, 9.17) is 9.72 Å². The average Bonchev–Trinajstić information content (AvgIpc) is 3.25. The van der Waals surface area contributed by atoms with E-state index in [2.05, 4.69) is 33.3 Å². The molecule has 1 aromatic heterocycles. The second-order valence-corrected chi connectivity index (χ2v) is 9.92. The van der Waals surface area contributed by atoms with Crippen LogP contribution >= 0.6 is 11.3 Å². The van der Waals surface area contributed by atoms with Crippen LogP contribution in [-0.4, -0.2) is 66.8 Å². The van der Waals surface area contributed by atoms with Crippen LogP contribution < -0.4 is 10.2 Å². The minimum atomic E-state index is -0.333. The van der Waals surface area contributed by atoms with Crippen LogP contribution in [0.25, 0.3) is 10.2 Å². The Hall–Kier alpha value is -1.70. The van der Waals surface area contributed by atoms with Crippen molar-refractivity contribution in [1.82, 2.24) is 15.2 Å². The van der Waals surface area contributed by atoms with Gasteiger partial charge in [-0.05, 0) is 37.8 Å². The first-order valence-electron chi connectivity index (χ1n) is 11.5. The first kappa shape index (κ1) is 20.2. The number of para-hydroxylation sites is 1. The lowest BCUT2D eigenvalue weighted by molar-refractivity contribution is -0.141. The van der Waals surface area contributed by atoms with Crippen molar-refractivity contribution >= 4 is 32.6 Å². The number of aromatic nitrogens is 1. The van der Waals surface area contributed by atoms with E-state index in [0.717, 1.165) is 88.6 Å². The van der Waals surface area contributed by atoms with Crippen LogP contribution in [0.15, 0.2) is 24.3 Å². The van der Waals surface area contributed by atoms with Crippen molar-refractivity contribution in [2.75, 3.05) is 44.3 Å². The zero-order chi connectivity index (χ0) is 20.4. The first-order chi connectivity index (χ1) is 14.7. The number of rotatable bonds is 4. The van der Waals surface area contributed by atoms with E-state index < -0.39 is 0 Å². The van der Waals surface area contributed by atoms with E-state index in [1.807, 2.05) is 6.07 Å². The van der Waals surface area contributed by atoms with Gasteiger partial charge < -0.3 is 15.0 Å². The molecule has 0 bridgehead atoms. The summed E-state index contributed by atoms with van der Waals surface area (Å²) in [5.41, 5.74) is 0.734. The molecular weight excluding hydrogens is 396 g/mol. The normalized spacial score (nSPS) is 25.3. The number of amides is 1. The molecule has 1 aromatic carbocycles. The second kappa shape index (κ2) is 8.81. The number of benzene rings is 1. The van der Waals surface area contributed by atoms with E-state index in [9.17, 15) is 4.79 Å². The van der Waals surface area contributed by atoms with Crippen LogP contribution in [0.2, 0.25) is 0 Å². The second-order valence-electron chi connectivity index (χ2n) is 8.91.